The molecule has 0 aromatic heterocycles. The number of nitrogens with zero attached hydrogens (tertiary/aromatic N) is 1. The maximum absolute atomic E-state index is 13.0. The number of esters is 1. The minimum atomic E-state index is -3.84. The third-order valence-corrected chi connectivity index (χ3v) is 6.22. The summed E-state index contributed by atoms with van der Waals surface area (Å²) in [5.74, 6) is -0.585. The molecule has 0 amide bonds. The molecule has 0 fully saturated rings. The van der Waals surface area contributed by atoms with Gasteiger partial charge in [-0.1, -0.05) is 41.9 Å². The molecular weight excluding hydrogens is 376 g/mol. The largest absolute Gasteiger partial charge is 0.465 e. The highest BCUT2D eigenvalue weighted by molar-refractivity contribution is 7.89. The summed E-state index contributed by atoms with van der Waals surface area (Å²) >= 11 is 6.13. The molecule has 0 saturated heterocycles. The van der Waals surface area contributed by atoms with E-state index in [1.807, 2.05) is 30.3 Å². The lowest BCUT2D eigenvalue weighted by molar-refractivity contribution is 0.0600. The van der Waals surface area contributed by atoms with Gasteiger partial charge in [-0.25, -0.2) is 13.2 Å². The van der Waals surface area contributed by atoms with E-state index >= 15 is 0 Å². The van der Waals surface area contributed by atoms with E-state index in [0.717, 1.165) is 5.56 Å². The molecule has 0 unspecified atom stereocenters. The van der Waals surface area contributed by atoms with Crippen molar-refractivity contribution < 1.29 is 17.9 Å². The number of sulfonamides is 1. The first kappa shape index (κ1) is 20.4. The first-order chi connectivity index (χ1) is 12.4. The van der Waals surface area contributed by atoms with Gasteiger partial charge in [-0.15, -0.1) is 0 Å². The van der Waals surface area contributed by atoms with Gasteiger partial charge in [0.2, 0.25) is 10.0 Å². The molecule has 0 spiro atoms. The molecular formula is C18H21ClN2O4S. The zero-order valence-electron chi connectivity index (χ0n) is 14.4. The Bertz CT molecular complexity index is 857. The standard InChI is InChI=1S/C18H21ClN2O4S/c1-25-18(22)15-7-8-17(16(19)13-15)26(23,24)21(12-10-20)11-9-14-5-3-2-4-6-14/h2-8,13H,9-12,20H2,1H3. The average Bonchev–Trinajstić information content (AvgIpc) is 2.64. The fourth-order valence-electron chi connectivity index (χ4n) is 2.49. The molecule has 2 aromatic rings. The van der Waals surface area contributed by atoms with Crippen molar-refractivity contribution in [1.29, 1.82) is 0 Å². The molecule has 0 bridgehead atoms. The Kier molecular flexibility index (Phi) is 7.16. The number of rotatable bonds is 8. The third kappa shape index (κ3) is 4.82. The minimum absolute atomic E-state index is 0.0327. The monoisotopic (exact) mass is 396 g/mol. The lowest BCUT2D eigenvalue weighted by Crippen LogP contribution is -2.37. The van der Waals surface area contributed by atoms with Gasteiger partial charge in [0, 0.05) is 19.6 Å². The number of hydrogen-bond acceptors (Lipinski definition) is 5. The second-order valence-electron chi connectivity index (χ2n) is 5.57. The van der Waals surface area contributed by atoms with Crippen LogP contribution in [0, 0.1) is 0 Å². The lowest BCUT2D eigenvalue weighted by atomic mass is 10.1. The van der Waals surface area contributed by atoms with Gasteiger partial charge in [0.05, 0.1) is 17.7 Å². The smallest absolute Gasteiger partial charge is 0.337 e. The molecule has 0 radical (unpaired) electrons. The molecule has 2 rings (SSSR count). The summed E-state index contributed by atoms with van der Waals surface area (Å²) in [5.41, 5.74) is 6.80. The zero-order chi connectivity index (χ0) is 19.2. The van der Waals surface area contributed by atoms with Crippen molar-refractivity contribution in [2.24, 2.45) is 5.73 Å². The second kappa shape index (κ2) is 9.14. The molecule has 6 nitrogen and oxygen atoms in total. The van der Waals surface area contributed by atoms with Crippen molar-refractivity contribution in [1.82, 2.24) is 4.31 Å². The maximum Gasteiger partial charge on any atom is 0.337 e. The minimum Gasteiger partial charge on any atom is -0.465 e. The van der Waals surface area contributed by atoms with Crippen LogP contribution in [-0.4, -0.2) is 45.4 Å². The van der Waals surface area contributed by atoms with Crippen LogP contribution in [0.4, 0.5) is 0 Å². The lowest BCUT2D eigenvalue weighted by Gasteiger charge is -2.22. The van der Waals surface area contributed by atoms with Crippen molar-refractivity contribution in [3.63, 3.8) is 0 Å². The number of methoxy groups -OCH3 is 1. The number of carbonyl (C=O) groups excluding carboxylic acids is 1. The predicted molar refractivity (Wildman–Crippen MR) is 101 cm³/mol. The van der Waals surface area contributed by atoms with Crippen molar-refractivity contribution in [3.05, 3.63) is 64.7 Å². The van der Waals surface area contributed by atoms with Gasteiger partial charge in [0.1, 0.15) is 4.90 Å². The van der Waals surface area contributed by atoms with E-state index in [2.05, 4.69) is 4.74 Å². The number of nitrogens with two attached hydrogens (primary N) is 1. The summed E-state index contributed by atoms with van der Waals surface area (Å²) in [6.07, 6.45) is 0.554. The average molecular weight is 397 g/mol. The van der Waals surface area contributed by atoms with Crippen molar-refractivity contribution in [3.8, 4) is 0 Å². The normalized spacial score (nSPS) is 11.5. The predicted octanol–water partition coefficient (Wildman–Crippen LogP) is 2.32. The van der Waals surface area contributed by atoms with Crippen molar-refractivity contribution in [2.75, 3.05) is 26.7 Å². The van der Waals surface area contributed by atoms with Gasteiger partial charge < -0.3 is 10.5 Å². The first-order valence-corrected chi connectivity index (χ1v) is 9.84. The van der Waals surface area contributed by atoms with E-state index in [1.165, 1.54) is 29.6 Å². The van der Waals surface area contributed by atoms with Crippen LogP contribution in [0.2, 0.25) is 5.02 Å². The Morgan fingerprint density at radius 3 is 2.42 bits per heavy atom. The van der Waals surface area contributed by atoms with E-state index in [4.69, 9.17) is 17.3 Å². The van der Waals surface area contributed by atoms with E-state index in [1.54, 1.807) is 0 Å². The Balaban J connectivity index is 2.27. The molecule has 140 valence electrons. The van der Waals surface area contributed by atoms with E-state index in [0.29, 0.717) is 6.42 Å². The van der Waals surface area contributed by atoms with Crippen LogP contribution in [0.25, 0.3) is 0 Å². The van der Waals surface area contributed by atoms with Crippen LogP contribution in [-0.2, 0) is 21.2 Å². The van der Waals surface area contributed by atoms with E-state index in [-0.39, 0.29) is 35.1 Å². The quantitative estimate of drug-likeness (QED) is 0.691. The molecule has 0 aliphatic rings. The van der Waals surface area contributed by atoms with Crippen molar-refractivity contribution in [2.45, 2.75) is 11.3 Å². The van der Waals surface area contributed by atoms with E-state index in [9.17, 15) is 13.2 Å². The zero-order valence-corrected chi connectivity index (χ0v) is 16.0. The van der Waals surface area contributed by atoms with E-state index < -0.39 is 16.0 Å². The Morgan fingerprint density at radius 2 is 1.85 bits per heavy atom. The van der Waals surface area contributed by atoms with Crippen LogP contribution in [0.5, 0.6) is 0 Å². The molecule has 2 N–H and O–H groups in total. The van der Waals surface area contributed by atoms with Gasteiger partial charge in [-0.05, 0) is 30.2 Å². The first-order valence-electron chi connectivity index (χ1n) is 8.02. The highest BCUT2D eigenvalue weighted by Gasteiger charge is 2.26. The summed E-state index contributed by atoms with van der Waals surface area (Å²) in [6, 6.07) is 13.6. The van der Waals surface area contributed by atoms with Gasteiger partial charge in [0.25, 0.3) is 0 Å². The molecule has 0 aliphatic carbocycles. The van der Waals surface area contributed by atoms with Crippen LogP contribution >= 0.6 is 11.6 Å². The van der Waals surface area contributed by atoms with Crippen LogP contribution < -0.4 is 5.73 Å². The molecule has 0 heterocycles. The Labute approximate surface area is 158 Å². The fourth-order valence-corrected chi connectivity index (χ4v) is 4.46. The highest BCUT2D eigenvalue weighted by atomic mass is 35.5. The molecule has 0 atom stereocenters. The van der Waals surface area contributed by atoms with Gasteiger partial charge in [0.15, 0.2) is 0 Å². The SMILES string of the molecule is COC(=O)c1ccc(S(=O)(=O)N(CCN)CCc2ccccc2)c(Cl)c1. The third-order valence-electron chi connectivity index (χ3n) is 3.84. The Hall–Kier alpha value is -1.93. The number of benzene rings is 2. The summed E-state index contributed by atoms with van der Waals surface area (Å²) in [4.78, 5) is 11.5. The summed E-state index contributed by atoms with van der Waals surface area (Å²) < 4.78 is 31.9. The fraction of sp³-hybridized carbons (Fsp3) is 0.278. The number of hydrogen-bond donors (Lipinski definition) is 1. The van der Waals surface area contributed by atoms with Crippen LogP contribution in [0.1, 0.15) is 15.9 Å². The molecule has 2 aromatic carbocycles. The van der Waals surface area contributed by atoms with Gasteiger partial charge in [-0.2, -0.15) is 4.31 Å². The van der Waals surface area contributed by atoms with Crippen LogP contribution in [0.3, 0.4) is 0 Å². The summed E-state index contributed by atoms with van der Waals surface area (Å²) in [5, 5.41) is -0.0327. The van der Waals surface area contributed by atoms with Crippen molar-refractivity contribution >= 4 is 27.6 Å². The molecule has 0 aliphatic heterocycles. The van der Waals surface area contributed by atoms with Gasteiger partial charge >= 0.3 is 5.97 Å². The molecule has 0 saturated carbocycles. The molecule has 8 heteroatoms. The number of ether oxygens (including phenoxy) is 1. The second-order valence-corrected chi connectivity index (χ2v) is 7.88. The summed E-state index contributed by atoms with van der Waals surface area (Å²) in [6.45, 7) is 0.634. The Morgan fingerprint density at radius 1 is 1.15 bits per heavy atom. The number of carbonyl (C=O) groups is 1. The van der Waals surface area contributed by atoms with Gasteiger partial charge in [-0.3, -0.25) is 0 Å². The molecule has 26 heavy (non-hydrogen) atoms. The van der Waals surface area contributed by atoms with Crippen LogP contribution in [0.15, 0.2) is 53.4 Å². The highest BCUT2D eigenvalue weighted by Crippen LogP contribution is 2.26. The number of halogens is 1. The summed E-state index contributed by atoms with van der Waals surface area (Å²) in [7, 11) is -2.60. The topological polar surface area (TPSA) is 89.7 Å². The maximum atomic E-state index is 13.0.